The van der Waals surface area contributed by atoms with E-state index < -0.39 is 5.82 Å². The monoisotopic (exact) mass is 245 g/mol. The molecule has 1 aromatic carbocycles. The molecule has 4 heteroatoms. The van der Waals surface area contributed by atoms with E-state index in [1.165, 1.54) is 25.4 Å². The third-order valence-electron chi connectivity index (χ3n) is 2.65. The zero-order valence-electron chi connectivity index (χ0n) is 10.1. The van der Waals surface area contributed by atoms with Gasteiger partial charge in [-0.3, -0.25) is 4.79 Å². The number of carbonyl (C=O) groups is 1. The van der Waals surface area contributed by atoms with Crippen molar-refractivity contribution in [1.29, 1.82) is 0 Å². The third-order valence-corrected chi connectivity index (χ3v) is 2.65. The van der Waals surface area contributed by atoms with Gasteiger partial charge in [0.25, 0.3) is 0 Å². The molecule has 0 bridgehead atoms. The van der Waals surface area contributed by atoms with Crippen LogP contribution in [0.5, 0.6) is 5.75 Å². The molecule has 0 unspecified atom stereocenters. The normalized spacial score (nSPS) is 10.2. The number of nitrogens with zero attached hydrogens (tertiary/aromatic N) is 1. The number of aromatic nitrogens is 1. The summed E-state index contributed by atoms with van der Waals surface area (Å²) in [6.07, 6.45) is 1.50. The van der Waals surface area contributed by atoms with Crippen molar-refractivity contribution >= 4 is 5.78 Å². The van der Waals surface area contributed by atoms with E-state index in [-0.39, 0.29) is 11.5 Å². The molecule has 0 fully saturated rings. The zero-order chi connectivity index (χ0) is 13.1. The number of benzene rings is 1. The average molecular weight is 245 g/mol. The van der Waals surface area contributed by atoms with E-state index in [0.29, 0.717) is 16.9 Å². The first-order chi connectivity index (χ1) is 8.63. The SMILES string of the molecule is COc1cccnc1C(=O)c1cc(F)ccc1C. The number of pyridine rings is 1. The summed E-state index contributed by atoms with van der Waals surface area (Å²) in [6, 6.07) is 7.43. The zero-order valence-corrected chi connectivity index (χ0v) is 10.1. The molecule has 0 aliphatic carbocycles. The van der Waals surface area contributed by atoms with Gasteiger partial charge in [-0.2, -0.15) is 0 Å². The molecule has 0 N–H and O–H groups in total. The predicted octanol–water partition coefficient (Wildman–Crippen LogP) is 2.77. The first kappa shape index (κ1) is 12.2. The lowest BCUT2D eigenvalue weighted by Crippen LogP contribution is -2.08. The summed E-state index contributed by atoms with van der Waals surface area (Å²) in [5.41, 5.74) is 1.19. The highest BCUT2D eigenvalue weighted by molar-refractivity contribution is 6.10. The minimum absolute atomic E-state index is 0.189. The van der Waals surface area contributed by atoms with Gasteiger partial charge in [0.05, 0.1) is 7.11 Å². The largest absolute Gasteiger partial charge is 0.494 e. The molecule has 1 aromatic heterocycles. The summed E-state index contributed by atoms with van der Waals surface area (Å²) in [5, 5.41) is 0. The molecule has 0 saturated carbocycles. The molecule has 0 radical (unpaired) electrons. The van der Waals surface area contributed by atoms with Crippen LogP contribution >= 0.6 is 0 Å². The minimum Gasteiger partial charge on any atom is -0.494 e. The number of rotatable bonds is 3. The van der Waals surface area contributed by atoms with Crippen molar-refractivity contribution in [3.8, 4) is 5.75 Å². The van der Waals surface area contributed by atoms with Crippen molar-refractivity contribution in [3.05, 3.63) is 59.2 Å². The first-order valence-corrected chi connectivity index (χ1v) is 5.43. The highest BCUT2D eigenvalue weighted by Crippen LogP contribution is 2.21. The van der Waals surface area contributed by atoms with E-state index >= 15 is 0 Å². The first-order valence-electron chi connectivity index (χ1n) is 5.43. The van der Waals surface area contributed by atoms with E-state index in [1.54, 1.807) is 25.1 Å². The maximum absolute atomic E-state index is 13.2. The summed E-state index contributed by atoms with van der Waals surface area (Å²) in [6.45, 7) is 1.75. The number of aryl methyl sites for hydroxylation is 1. The molecule has 0 aliphatic rings. The van der Waals surface area contributed by atoms with E-state index in [0.717, 1.165) is 0 Å². The Morgan fingerprint density at radius 2 is 2.11 bits per heavy atom. The Morgan fingerprint density at radius 3 is 2.83 bits per heavy atom. The van der Waals surface area contributed by atoms with Crippen LogP contribution in [0.4, 0.5) is 4.39 Å². The van der Waals surface area contributed by atoms with Crippen LogP contribution in [0.25, 0.3) is 0 Å². The number of methoxy groups -OCH3 is 1. The van der Waals surface area contributed by atoms with Gasteiger partial charge >= 0.3 is 0 Å². The summed E-state index contributed by atoms with van der Waals surface area (Å²) in [4.78, 5) is 16.3. The van der Waals surface area contributed by atoms with Crippen molar-refractivity contribution < 1.29 is 13.9 Å². The Labute approximate surface area is 104 Å². The van der Waals surface area contributed by atoms with Crippen molar-refractivity contribution in [3.63, 3.8) is 0 Å². The van der Waals surface area contributed by atoms with Crippen LogP contribution in [-0.2, 0) is 0 Å². The smallest absolute Gasteiger partial charge is 0.215 e. The minimum atomic E-state index is -0.446. The van der Waals surface area contributed by atoms with Gasteiger partial charge in [-0.1, -0.05) is 6.07 Å². The lowest BCUT2D eigenvalue weighted by atomic mass is 10.0. The Hall–Kier alpha value is -2.23. The van der Waals surface area contributed by atoms with E-state index in [2.05, 4.69) is 4.98 Å². The Morgan fingerprint density at radius 1 is 1.33 bits per heavy atom. The summed E-state index contributed by atoms with van der Waals surface area (Å²) >= 11 is 0. The molecule has 0 amide bonds. The molecule has 3 nitrogen and oxygen atoms in total. The van der Waals surface area contributed by atoms with Crippen molar-refractivity contribution in [2.75, 3.05) is 7.11 Å². The van der Waals surface area contributed by atoms with E-state index in [9.17, 15) is 9.18 Å². The van der Waals surface area contributed by atoms with Crippen molar-refractivity contribution in [1.82, 2.24) is 4.98 Å². The molecule has 0 spiro atoms. The number of ether oxygens (including phenoxy) is 1. The van der Waals surface area contributed by atoms with Gasteiger partial charge in [-0.05, 0) is 36.8 Å². The second-order valence-corrected chi connectivity index (χ2v) is 3.84. The van der Waals surface area contributed by atoms with Gasteiger partial charge in [0.1, 0.15) is 11.6 Å². The van der Waals surface area contributed by atoms with Crippen LogP contribution in [-0.4, -0.2) is 17.9 Å². The average Bonchev–Trinajstić information content (AvgIpc) is 2.40. The Bertz CT molecular complexity index is 596. The van der Waals surface area contributed by atoms with Crippen LogP contribution in [0.3, 0.4) is 0 Å². The molecule has 0 atom stereocenters. The third kappa shape index (κ3) is 2.22. The highest BCUT2D eigenvalue weighted by atomic mass is 19.1. The molecule has 92 valence electrons. The standard InChI is InChI=1S/C14H12FNO2/c1-9-5-6-10(15)8-11(9)14(17)13-12(18-2)4-3-7-16-13/h3-8H,1-2H3. The number of halogens is 1. The highest BCUT2D eigenvalue weighted by Gasteiger charge is 2.18. The van der Waals surface area contributed by atoms with E-state index in [4.69, 9.17) is 4.74 Å². The van der Waals surface area contributed by atoms with Gasteiger partial charge in [-0.25, -0.2) is 9.37 Å². The molecule has 1 heterocycles. The lowest BCUT2D eigenvalue weighted by molar-refractivity contribution is 0.103. The number of hydrogen-bond acceptors (Lipinski definition) is 3. The molecular formula is C14H12FNO2. The number of carbonyl (C=O) groups excluding carboxylic acids is 1. The fourth-order valence-corrected chi connectivity index (χ4v) is 1.69. The number of hydrogen-bond donors (Lipinski definition) is 0. The van der Waals surface area contributed by atoms with E-state index in [1.807, 2.05) is 0 Å². The Kier molecular flexibility index (Phi) is 3.37. The molecule has 18 heavy (non-hydrogen) atoms. The summed E-state index contributed by atoms with van der Waals surface area (Å²) < 4.78 is 18.3. The summed E-state index contributed by atoms with van der Waals surface area (Å²) in [5.74, 6) is -0.408. The van der Waals surface area contributed by atoms with Gasteiger partial charge in [0.2, 0.25) is 5.78 Å². The predicted molar refractivity (Wildman–Crippen MR) is 65.4 cm³/mol. The fourth-order valence-electron chi connectivity index (χ4n) is 1.69. The topological polar surface area (TPSA) is 39.2 Å². The summed E-state index contributed by atoms with van der Waals surface area (Å²) in [7, 11) is 1.46. The van der Waals surface area contributed by atoms with Gasteiger partial charge in [0.15, 0.2) is 5.69 Å². The van der Waals surface area contributed by atoms with Crippen molar-refractivity contribution in [2.45, 2.75) is 6.92 Å². The van der Waals surface area contributed by atoms with Crippen LogP contribution < -0.4 is 4.74 Å². The van der Waals surface area contributed by atoms with Crippen LogP contribution in [0.1, 0.15) is 21.6 Å². The quantitative estimate of drug-likeness (QED) is 0.780. The maximum Gasteiger partial charge on any atom is 0.215 e. The second kappa shape index (κ2) is 4.96. The van der Waals surface area contributed by atoms with Gasteiger partial charge in [-0.15, -0.1) is 0 Å². The molecular weight excluding hydrogens is 233 g/mol. The fraction of sp³-hybridized carbons (Fsp3) is 0.143. The number of ketones is 1. The van der Waals surface area contributed by atoms with Crippen LogP contribution in [0.2, 0.25) is 0 Å². The van der Waals surface area contributed by atoms with Crippen LogP contribution in [0, 0.1) is 12.7 Å². The maximum atomic E-state index is 13.2. The lowest BCUT2D eigenvalue weighted by Gasteiger charge is -2.08. The van der Waals surface area contributed by atoms with Crippen molar-refractivity contribution in [2.24, 2.45) is 0 Å². The molecule has 0 aliphatic heterocycles. The molecule has 2 rings (SSSR count). The van der Waals surface area contributed by atoms with Gasteiger partial charge in [0, 0.05) is 11.8 Å². The Balaban J connectivity index is 2.51. The molecule has 0 saturated heterocycles. The second-order valence-electron chi connectivity index (χ2n) is 3.84. The molecule has 2 aromatic rings. The van der Waals surface area contributed by atoms with Crippen LogP contribution in [0.15, 0.2) is 36.5 Å². The van der Waals surface area contributed by atoms with Gasteiger partial charge < -0.3 is 4.74 Å².